The van der Waals surface area contributed by atoms with E-state index in [1.165, 1.54) is 45.1 Å². The van der Waals surface area contributed by atoms with Crippen LogP contribution in [-0.2, 0) is 0 Å². The van der Waals surface area contributed by atoms with Gasteiger partial charge in [0.1, 0.15) is 0 Å². The van der Waals surface area contributed by atoms with Crippen LogP contribution in [0.25, 0.3) is 0 Å². The van der Waals surface area contributed by atoms with Crippen LogP contribution in [0.15, 0.2) is 0 Å². The van der Waals surface area contributed by atoms with Crippen LogP contribution in [-0.4, -0.2) is 12.6 Å². The van der Waals surface area contributed by atoms with Crippen molar-refractivity contribution in [3.8, 4) is 0 Å². The Kier molecular flexibility index (Phi) is 6.41. The van der Waals surface area contributed by atoms with Crippen molar-refractivity contribution in [2.24, 2.45) is 17.8 Å². The highest BCUT2D eigenvalue weighted by molar-refractivity contribution is 4.78. The molecule has 1 saturated carbocycles. The van der Waals surface area contributed by atoms with Crippen LogP contribution in [0.3, 0.4) is 0 Å². The first-order chi connectivity index (χ1) is 7.58. The lowest BCUT2D eigenvalue weighted by Gasteiger charge is -2.31. The minimum atomic E-state index is 0.816. The van der Waals surface area contributed by atoms with Crippen LogP contribution in [0.4, 0.5) is 0 Å². The molecule has 0 aromatic rings. The number of rotatable bonds is 6. The molecule has 96 valence electrons. The molecule has 1 rings (SSSR count). The SMILES string of the molecule is CC(C)CCNC1CCCC(CC(C)C)C1. The minimum Gasteiger partial charge on any atom is -0.314 e. The van der Waals surface area contributed by atoms with E-state index in [9.17, 15) is 0 Å². The highest BCUT2D eigenvalue weighted by Gasteiger charge is 2.21. The zero-order chi connectivity index (χ0) is 12.0. The van der Waals surface area contributed by atoms with Gasteiger partial charge in [-0.05, 0) is 50.0 Å². The molecule has 2 unspecified atom stereocenters. The highest BCUT2D eigenvalue weighted by atomic mass is 14.9. The summed E-state index contributed by atoms with van der Waals surface area (Å²) in [5.41, 5.74) is 0. The number of nitrogens with one attached hydrogen (secondary N) is 1. The molecule has 0 aromatic heterocycles. The van der Waals surface area contributed by atoms with Crippen molar-refractivity contribution in [1.29, 1.82) is 0 Å². The van der Waals surface area contributed by atoms with Gasteiger partial charge in [-0.15, -0.1) is 0 Å². The first kappa shape index (κ1) is 14.0. The van der Waals surface area contributed by atoms with E-state index >= 15 is 0 Å². The van der Waals surface area contributed by atoms with Gasteiger partial charge in [-0.25, -0.2) is 0 Å². The standard InChI is InChI=1S/C15H31N/c1-12(2)8-9-16-15-7-5-6-14(11-15)10-13(3)4/h12-16H,5-11H2,1-4H3. The quantitative estimate of drug-likeness (QED) is 0.713. The van der Waals surface area contributed by atoms with Crippen LogP contribution in [0.5, 0.6) is 0 Å². The van der Waals surface area contributed by atoms with Gasteiger partial charge >= 0.3 is 0 Å². The van der Waals surface area contributed by atoms with Gasteiger partial charge in [0.15, 0.2) is 0 Å². The zero-order valence-electron chi connectivity index (χ0n) is 11.8. The van der Waals surface area contributed by atoms with E-state index in [1.54, 1.807) is 0 Å². The van der Waals surface area contributed by atoms with Crippen molar-refractivity contribution in [2.45, 2.75) is 72.3 Å². The Labute approximate surface area is 102 Å². The first-order valence-corrected chi connectivity index (χ1v) is 7.31. The zero-order valence-corrected chi connectivity index (χ0v) is 11.8. The van der Waals surface area contributed by atoms with Crippen molar-refractivity contribution >= 4 is 0 Å². The van der Waals surface area contributed by atoms with Gasteiger partial charge in [0.05, 0.1) is 0 Å². The van der Waals surface area contributed by atoms with Gasteiger partial charge in [-0.3, -0.25) is 0 Å². The Morgan fingerprint density at radius 2 is 1.81 bits per heavy atom. The number of hydrogen-bond donors (Lipinski definition) is 1. The third kappa shape index (κ3) is 5.89. The van der Waals surface area contributed by atoms with Gasteiger partial charge in [-0.2, -0.15) is 0 Å². The molecule has 0 aromatic carbocycles. The molecule has 0 radical (unpaired) electrons. The Hall–Kier alpha value is -0.0400. The van der Waals surface area contributed by atoms with E-state index in [4.69, 9.17) is 0 Å². The fraction of sp³-hybridized carbons (Fsp3) is 1.00. The van der Waals surface area contributed by atoms with Crippen molar-refractivity contribution < 1.29 is 0 Å². The monoisotopic (exact) mass is 225 g/mol. The average molecular weight is 225 g/mol. The van der Waals surface area contributed by atoms with Crippen LogP contribution >= 0.6 is 0 Å². The Morgan fingerprint density at radius 1 is 1.06 bits per heavy atom. The molecule has 1 aliphatic carbocycles. The molecule has 16 heavy (non-hydrogen) atoms. The van der Waals surface area contributed by atoms with Crippen LogP contribution in [0.1, 0.15) is 66.2 Å². The first-order valence-electron chi connectivity index (χ1n) is 7.31. The van der Waals surface area contributed by atoms with Crippen molar-refractivity contribution in [3.63, 3.8) is 0 Å². The molecule has 1 nitrogen and oxygen atoms in total. The summed E-state index contributed by atoms with van der Waals surface area (Å²) in [6.45, 7) is 10.6. The predicted octanol–water partition coefficient (Wildman–Crippen LogP) is 4.23. The average Bonchev–Trinajstić information content (AvgIpc) is 2.16. The third-order valence-electron chi connectivity index (χ3n) is 3.74. The molecule has 0 aliphatic heterocycles. The summed E-state index contributed by atoms with van der Waals surface area (Å²) in [6.07, 6.45) is 8.51. The second kappa shape index (κ2) is 7.32. The predicted molar refractivity (Wildman–Crippen MR) is 72.7 cm³/mol. The van der Waals surface area contributed by atoms with E-state index in [0.29, 0.717) is 0 Å². The van der Waals surface area contributed by atoms with Crippen molar-refractivity contribution in [3.05, 3.63) is 0 Å². The fourth-order valence-electron chi connectivity index (χ4n) is 2.93. The molecule has 0 amide bonds. The summed E-state index contributed by atoms with van der Waals surface area (Å²) in [6, 6.07) is 0.816. The maximum Gasteiger partial charge on any atom is 0.00697 e. The lowest BCUT2D eigenvalue weighted by molar-refractivity contribution is 0.251. The summed E-state index contributed by atoms with van der Waals surface area (Å²) >= 11 is 0. The summed E-state index contributed by atoms with van der Waals surface area (Å²) in [7, 11) is 0. The largest absolute Gasteiger partial charge is 0.314 e. The molecule has 1 N–H and O–H groups in total. The second-order valence-corrected chi connectivity index (χ2v) is 6.50. The molecule has 1 aliphatic rings. The molecule has 0 bridgehead atoms. The topological polar surface area (TPSA) is 12.0 Å². The third-order valence-corrected chi connectivity index (χ3v) is 3.74. The van der Waals surface area contributed by atoms with Crippen LogP contribution in [0.2, 0.25) is 0 Å². The smallest absolute Gasteiger partial charge is 0.00697 e. The van der Waals surface area contributed by atoms with Gasteiger partial charge in [-0.1, -0.05) is 40.5 Å². The van der Waals surface area contributed by atoms with Crippen molar-refractivity contribution in [2.75, 3.05) is 6.54 Å². The second-order valence-electron chi connectivity index (χ2n) is 6.50. The lowest BCUT2D eigenvalue weighted by Crippen LogP contribution is -2.35. The molecule has 1 fully saturated rings. The van der Waals surface area contributed by atoms with Crippen LogP contribution in [0, 0.1) is 17.8 Å². The fourth-order valence-corrected chi connectivity index (χ4v) is 2.93. The molecular formula is C15H31N. The molecule has 0 saturated heterocycles. The highest BCUT2D eigenvalue weighted by Crippen LogP contribution is 2.29. The van der Waals surface area contributed by atoms with E-state index < -0.39 is 0 Å². The molecule has 2 atom stereocenters. The maximum atomic E-state index is 3.76. The summed E-state index contributed by atoms with van der Waals surface area (Å²) in [5.74, 6) is 2.70. The van der Waals surface area contributed by atoms with E-state index in [-0.39, 0.29) is 0 Å². The normalized spacial score (nSPS) is 26.6. The minimum absolute atomic E-state index is 0.816. The summed E-state index contributed by atoms with van der Waals surface area (Å²) in [5, 5.41) is 3.76. The van der Waals surface area contributed by atoms with Gasteiger partial charge in [0.2, 0.25) is 0 Å². The van der Waals surface area contributed by atoms with E-state index in [1.807, 2.05) is 0 Å². The van der Waals surface area contributed by atoms with Crippen LogP contribution < -0.4 is 5.32 Å². The van der Waals surface area contributed by atoms with E-state index in [2.05, 4.69) is 33.0 Å². The van der Waals surface area contributed by atoms with Gasteiger partial charge in [0, 0.05) is 6.04 Å². The molecule has 0 heterocycles. The molecule has 0 spiro atoms. The number of hydrogen-bond acceptors (Lipinski definition) is 1. The Balaban J connectivity index is 2.17. The van der Waals surface area contributed by atoms with Gasteiger partial charge < -0.3 is 5.32 Å². The lowest BCUT2D eigenvalue weighted by atomic mass is 9.81. The Bertz CT molecular complexity index is 174. The van der Waals surface area contributed by atoms with Crippen molar-refractivity contribution in [1.82, 2.24) is 5.32 Å². The summed E-state index contributed by atoms with van der Waals surface area (Å²) in [4.78, 5) is 0. The summed E-state index contributed by atoms with van der Waals surface area (Å²) < 4.78 is 0. The maximum absolute atomic E-state index is 3.76. The van der Waals surface area contributed by atoms with E-state index in [0.717, 1.165) is 23.8 Å². The Morgan fingerprint density at radius 3 is 2.44 bits per heavy atom. The van der Waals surface area contributed by atoms with Gasteiger partial charge in [0.25, 0.3) is 0 Å². The molecular weight excluding hydrogens is 194 g/mol. The molecule has 1 heteroatoms.